The third-order valence-corrected chi connectivity index (χ3v) is 2.76. The zero-order valence-electron chi connectivity index (χ0n) is 9.32. The SMILES string of the molecule is O=C(NCCCCl)c1ccnc2ccccc12. The molecule has 0 aliphatic heterocycles. The summed E-state index contributed by atoms with van der Waals surface area (Å²) >= 11 is 5.56. The van der Waals surface area contributed by atoms with Crippen LogP contribution in [0.4, 0.5) is 0 Å². The van der Waals surface area contributed by atoms with Crippen molar-refractivity contribution < 1.29 is 4.79 Å². The standard InChI is InChI=1S/C13H13ClN2O/c14-7-3-8-16-13(17)11-6-9-15-12-5-2-1-4-10(11)12/h1-2,4-6,9H,3,7-8H2,(H,16,17). The monoisotopic (exact) mass is 248 g/mol. The Labute approximate surface area is 105 Å². The van der Waals surface area contributed by atoms with Gasteiger partial charge in [-0.1, -0.05) is 18.2 Å². The third-order valence-electron chi connectivity index (χ3n) is 2.49. The van der Waals surface area contributed by atoms with Crippen LogP contribution in [0.15, 0.2) is 36.5 Å². The molecule has 0 spiro atoms. The summed E-state index contributed by atoms with van der Waals surface area (Å²) in [7, 11) is 0. The van der Waals surface area contributed by atoms with Gasteiger partial charge in [0, 0.05) is 24.0 Å². The number of nitrogens with zero attached hydrogens (tertiary/aromatic N) is 1. The van der Waals surface area contributed by atoms with Crippen LogP contribution in [0.25, 0.3) is 10.9 Å². The number of amides is 1. The molecule has 0 fully saturated rings. The Bertz CT molecular complexity index is 522. The van der Waals surface area contributed by atoms with Crippen molar-refractivity contribution in [3.63, 3.8) is 0 Å². The fraction of sp³-hybridized carbons (Fsp3) is 0.231. The Morgan fingerprint density at radius 1 is 1.29 bits per heavy atom. The summed E-state index contributed by atoms with van der Waals surface area (Å²) in [5.41, 5.74) is 1.49. The summed E-state index contributed by atoms with van der Waals surface area (Å²) in [4.78, 5) is 16.2. The first-order valence-electron chi connectivity index (χ1n) is 5.51. The number of benzene rings is 1. The van der Waals surface area contributed by atoms with Crippen LogP contribution in [0.5, 0.6) is 0 Å². The number of halogens is 1. The highest BCUT2D eigenvalue weighted by Gasteiger charge is 2.08. The maximum absolute atomic E-state index is 12.0. The van der Waals surface area contributed by atoms with Gasteiger partial charge < -0.3 is 5.32 Å². The van der Waals surface area contributed by atoms with Gasteiger partial charge in [-0.2, -0.15) is 0 Å². The van der Waals surface area contributed by atoms with E-state index in [4.69, 9.17) is 11.6 Å². The van der Waals surface area contributed by atoms with Gasteiger partial charge in [0.1, 0.15) is 0 Å². The molecule has 1 N–H and O–H groups in total. The van der Waals surface area contributed by atoms with Gasteiger partial charge in [-0.15, -0.1) is 11.6 Å². The van der Waals surface area contributed by atoms with Crippen molar-refractivity contribution in [2.75, 3.05) is 12.4 Å². The molecule has 1 aromatic carbocycles. The van der Waals surface area contributed by atoms with Crippen LogP contribution in [0.2, 0.25) is 0 Å². The molecule has 0 saturated carbocycles. The van der Waals surface area contributed by atoms with E-state index in [0.29, 0.717) is 18.0 Å². The lowest BCUT2D eigenvalue weighted by Gasteiger charge is -2.06. The minimum atomic E-state index is -0.0753. The van der Waals surface area contributed by atoms with E-state index < -0.39 is 0 Å². The highest BCUT2D eigenvalue weighted by Crippen LogP contribution is 2.15. The number of fused-ring (bicyclic) bond motifs is 1. The lowest BCUT2D eigenvalue weighted by molar-refractivity contribution is 0.0955. The van der Waals surface area contributed by atoms with Crippen molar-refractivity contribution in [2.45, 2.75) is 6.42 Å². The fourth-order valence-electron chi connectivity index (χ4n) is 1.66. The van der Waals surface area contributed by atoms with E-state index in [2.05, 4.69) is 10.3 Å². The smallest absolute Gasteiger partial charge is 0.252 e. The molecule has 88 valence electrons. The summed E-state index contributed by atoms with van der Waals surface area (Å²) < 4.78 is 0. The largest absolute Gasteiger partial charge is 0.352 e. The lowest BCUT2D eigenvalue weighted by Crippen LogP contribution is -2.24. The average molecular weight is 249 g/mol. The Kier molecular flexibility index (Phi) is 3.94. The number of para-hydroxylation sites is 1. The first-order chi connectivity index (χ1) is 8.33. The topological polar surface area (TPSA) is 42.0 Å². The van der Waals surface area contributed by atoms with Crippen LogP contribution in [-0.2, 0) is 0 Å². The van der Waals surface area contributed by atoms with Crippen molar-refractivity contribution in [2.24, 2.45) is 0 Å². The summed E-state index contributed by atoms with van der Waals surface area (Å²) in [6.07, 6.45) is 2.43. The first-order valence-corrected chi connectivity index (χ1v) is 6.04. The fourth-order valence-corrected chi connectivity index (χ4v) is 1.79. The van der Waals surface area contributed by atoms with Gasteiger partial charge in [0.25, 0.3) is 5.91 Å². The maximum Gasteiger partial charge on any atom is 0.252 e. The van der Waals surface area contributed by atoms with Crippen LogP contribution >= 0.6 is 11.6 Å². The molecule has 0 aliphatic rings. The zero-order chi connectivity index (χ0) is 12.1. The van der Waals surface area contributed by atoms with Crippen LogP contribution < -0.4 is 5.32 Å². The van der Waals surface area contributed by atoms with E-state index in [1.165, 1.54) is 0 Å². The molecule has 1 aromatic heterocycles. The number of hydrogen-bond acceptors (Lipinski definition) is 2. The van der Waals surface area contributed by atoms with Gasteiger partial charge in [0.15, 0.2) is 0 Å². The lowest BCUT2D eigenvalue weighted by atomic mass is 10.1. The normalized spacial score (nSPS) is 10.4. The molecular weight excluding hydrogens is 236 g/mol. The van der Waals surface area contributed by atoms with E-state index >= 15 is 0 Å². The van der Waals surface area contributed by atoms with E-state index in [9.17, 15) is 4.79 Å². The molecule has 0 bridgehead atoms. The van der Waals surface area contributed by atoms with E-state index in [0.717, 1.165) is 17.3 Å². The van der Waals surface area contributed by atoms with Crippen molar-refractivity contribution in [3.05, 3.63) is 42.1 Å². The number of aromatic nitrogens is 1. The quantitative estimate of drug-likeness (QED) is 0.668. The summed E-state index contributed by atoms with van der Waals surface area (Å²) in [5, 5.41) is 3.71. The van der Waals surface area contributed by atoms with Crippen LogP contribution in [0.3, 0.4) is 0 Å². The molecule has 1 amide bonds. The molecule has 0 saturated heterocycles. The highest BCUT2D eigenvalue weighted by molar-refractivity contribution is 6.17. The molecular formula is C13H13ClN2O. The second kappa shape index (κ2) is 5.64. The molecule has 1 heterocycles. The van der Waals surface area contributed by atoms with Crippen molar-refractivity contribution >= 4 is 28.4 Å². The van der Waals surface area contributed by atoms with Gasteiger partial charge in [0.2, 0.25) is 0 Å². The Morgan fingerprint density at radius 3 is 2.94 bits per heavy atom. The predicted octanol–water partition coefficient (Wildman–Crippen LogP) is 2.59. The second-order valence-corrected chi connectivity index (χ2v) is 4.05. The van der Waals surface area contributed by atoms with Crippen LogP contribution in [-0.4, -0.2) is 23.3 Å². The summed E-state index contributed by atoms with van der Waals surface area (Å²) in [6.45, 7) is 0.596. The number of rotatable bonds is 4. The highest BCUT2D eigenvalue weighted by atomic mass is 35.5. The van der Waals surface area contributed by atoms with Crippen LogP contribution in [0, 0.1) is 0 Å². The molecule has 2 aromatic rings. The zero-order valence-corrected chi connectivity index (χ0v) is 10.1. The number of carbonyl (C=O) groups excluding carboxylic acids is 1. The van der Waals surface area contributed by atoms with Crippen molar-refractivity contribution in [3.8, 4) is 0 Å². The van der Waals surface area contributed by atoms with E-state index in [1.54, 1.807) is 12.3 Å². The summed E-state index contributed by atoms with van der Waals surface area (Å²) in [5.74, 6) is 0.478. The molecule has 17 heavy (non-hydrogen) atoms. The van der Waals surface area contributed by atoms with Gasteiger partial charge in [-0.25, -0.2) is 0 Å². The van der Waals surface area contributed by atoms with Gasteiger partial charge in [0.05, 0.1) is 11.1 Å². The molecule has 0 unspecified atom stereocenters. The minimum Gasteiger partial charge on any atom is -0.352 e. The molecule has 0 atom stereocenters. The van der Waals surface area contributed by atoms with Crippen molar-refractivity contribution in [1.29, 1.82) is 0 Å². The number of hydrogen-bond donors (Lipinski definition) is 1. The number of nitrogens with one attached hydrogen (secondary N) is 1. The van der Waals surface area contributed by atoms with Crippen LogP contribution in [0.1, 0.15) is 16.8 Å². The second-order valence-electron chi connectivity index (χ2n) is 3.67. The number of carbonyl (C=O) groups is 1. The molecule has 4 heteroatoms. The Balaban J connectivity index is 2.26. The third kappa shape index (κ3) is 2.74. The Morgan fingerprint density at radius 2 is 2.12 bits per heavy atom. The molecule has 0 radical (unpaired) electrons. The molecule has 2 rings (SSSR count). The number of alkyl halides is 1. The number of pyridine rings is 1. The van der Waals surface area contributed by atoms with E-state index in [-0.39, 0.29) is 5.91 Å². The Hall–Kier alpha value is -1.61. The van der Waals surface area contributed by atoms with Crippen molar-refractivity contribution in [1.82, 2.24) is 10.3 Å². The minimum absolute atomic E-state index is 0.0753. The van der Waals surface area contributed by atoms with Gasteiger partial charge in [-0.3, -0.25) is 9.78 Å². The first kappa shape index (κ1) is 11.9. The summed E-state index contributed by atoms with van der Waals surface area (Å²) in [6, 6.07) is 9.34. The average Bonchev–Trinajstić information content (AvgIpc) is 2.38. The molecule has 0 aliphatic carbocycles. The predicted molar refractivity (Wildman–Crippen MR) is 69.4 cm³/mol. The van der Waals surface area contributed by atoms with Gasteiger partial charge in [-0.05, 0) is 18.6 Å². The molecule has 3 nitrogen and oxygen atoms in total. The maximum atomic E-state index is 12.0. The van der Waals surface area contributed by atoms with E-state index in [1.807, 2.05) is 24.3 Å². The van der Waals surface area contributed by atoms with Gasteiger partial charge >= 0.3 is 0 Å².